The molecule has 0 aliphatic heterocycles. The van der Waals surface area contributed by atoms with Crippen molar-refractivity contribution in [2.24, 2.45) is 5.16 Å². The van der Waals surface area contributed by atoms with E-state index in [9.17, 15) is 28.9 Å². The summed E-state index contributed by atoms with van der Waals surface area (Å²) < 4.78 is 46.6. The van der Waals surface area contributed by atoms with Crippen molar-refractivity contribution in [2.45, 2.75) is 66.2 Å². The molecule has 0 atom stereocenters. The van der Waals surface area contributed by atoms with E-state index in [1.165, 1.54) is 24.3 Å². The highest BCUT2D eigenvalue weighted by Gasteiger charge is 2.21. The molecule has 14 nitrogen and oxygen atoms in total. The third-order valence-electron chi connectivity index (χ3n) is 9.73. The molecule has 5 aromatic carbocycles. The summed E-state index contributed by atoms with van der Waals surface area (Å²) >= 11 is 23.6. The number of hydrogen-bond acceptors (Lipinski definition) is 13. The van der Waals surface area contributed by atoms with E-state index in [1.54, 1.807) is 91.0 Å². The molecule has 0 bridgehead atoms. The van der Waals surface area contributed by atoms with Gasteiger partial charge in [-0.05, 0) is 105 Å². The van der Waals surface area contributed by atoms with Gasteiger partial charge in [0.25, 0.3) is 10.1 Å². The molecule has 8 aromatic rings. The van der Waals surface area contributed by atoms with Crippen molar-refractivity contribution < 1.29 is 47.5 Å². The van der Waals surface area contributed by atoms with Crippen LogP contribution in [0.15, 0.2) is 136 Å². The summed E-state index contributed by atoms with van der Waals surface area (Å²) in [7, 11) is -4.02. The van der Waals surface area contributed by atoms with Crippen LogP contribution in [0.2, 0.25) is 20.1 Å². The fraction of sp³-hybridized carbons (Fsp3) is 0.176. The first-order valence-corrected chi connectivity index (χ1v) is 23.6. The number of phenols is 3. The Morgan fingerprint density at radius 2 is 1.16 bits per heavy atom. The number of phenolic OH excluding ortho intramolecular Hbond substituents is 3. The number of hydrogen-bond donors (Lipinski definition) is 5. The van der Waals surface area contributed by atoms with Crippen LogP contribution in [0, 0.1) is 6.92 Å². The summed E-state index contributed by atoms with van der Waals surface area (Å²) in [4.78, 5) is 9.12. The first-order chi connectivity index (χ1) is 32.5. The molecule has 0 saturated heterocycles. The van der Waals surface area contributed by atoms with Crippen LogP contribution in [-0.4, -0.2) is 54.3 Å². The number of ether oxygens (including phenoxy) is 2. The molecule has 8 rings (SSSR count). The molecule has 3 heterocycles. The molecule has 0 radical (unpaired) electrons. The Balaban J connectivity index is 0.000000245. The van der Waals surface area contributed by atoms with Gasteiger partial charge in [0.05, 0.1) is 31.7 Å². The largest absolute Gasteiger partial charge is 0.507 e. The average Bonchev–Trinajstić information content (AvgIpc) is 3.70. The lowest BCUT2D eigenvalue weighted by Crippen LogP contribution is -2.10. The highest BCUT2D eigenvalue weighted by Crippen LogP contribution is 2.38. The van der Waals surface area contributed by atoms with Crippen molar-refractivity contribution in [2.75, 3.05) is 0 Å². The van der Waals surface area contributed by atoms with Crippen molar-refractivity contribution in [1.82, 2.24) is 15.1 Å². The molecule has 0 spiro atoms. The second kappa shape index (κ2) is 25.3. The molecule has 70 heavy (non-hydrogen) atoms. The van der Waals surface area contributed by atoms with E-state index in [0.29, 0.717) is 67.6 Å². The third kappa shape index (κ3) is 14.5. The number of aromatic nitrogens is 3. The van der Waals surface area contributed by atoms with E-state index in [-0.39, 0.29) is 58.3 Å². The maximum atomic E-state index is 10.5. The Bertz CT molecular complexity index is 3170. The number of nitrogens with zero attached hydrogens (tertiary/aromatic N) is 4. The van der Waals surface area contributed by atoms with Crippen LogP contribution in [0.4, 0.5) is 0 Å². The molecule has 0 amide bonds. The number of halogens is 4. The first-order valence-electron chi connectivity index (χ1n) is 20.6. The number of pyridine rings is 2. The zero-order chi connectivity index (χ0) is 49.1. The summed E-state index contributed by atoms with van der Waals surface area (Å²) in [6, 6.07) is 32.5. The van der Waals surface area contributed by atoms with Crippen LogP contribution in [0.1, 0.15) is 69.6 Å². The van der Waals surface area contributed by atoms with Crippen molar-refractivity contribution in [3.8, 4) is 51.8 Å². The van der Waals surface area contributed by atoms with Gasteiger partial charge in [0.15, 0.2) is 5.58 Å². The lowest BCUT2D eigenvalue weighted by molar-refractivity contribution is 0.319. The minimum absolute atomic E-state index is 0. The zero-order valence-electron chi connectivity index (χ0n) is 36.4. The van der Waals surface area contributed by atoms with Crippen molar-refractivity contribution >= 4 is 73.2 Å². The average molecular weight is 1050 g/mol. The highest BCUT2D eigenvalue weighted by molar-refractivity contribution is 7.85. The number of rotatable bonds is 12. The Hall–Kier alpha value is -6.59. The molecular formula is C51H50Cl4N4O10S. The lowest BCUT2D eigenvalue weighted by Gasteiger charge is -2.14. The maximum Gasteiger partial charge on any atom is 0.294 e. The summed E-state index contributed by atoms with van der Waals surface area (Å²) in [6.45, 7) is 5.90. The third-order valence-corrected chi connectivity index (χ3v) is 11.7. The van der Waals surface area contributed by atoms with Gasteiger partial charge in [-0.15, -0.1) is 0 Å². The highest BCUT2D eigenvalue weighted by atomic mass is 35.5. The molecule has 368 valence electrons. The van der Waals surface area contributed by atoms with E-state index < -0.39 is 10.1 Å². The number of benzene rings is 5. The zero-order valence-corrected chi connectivity index (χ0v) is 40.2. The molecular weight excluding hydrogens is 1000 g/mol. The van der Waals surface area contributed by atoms with E-state index in [2.05, 4.69) is 27.2 Å². The molecule has 3 aromatic heterocycles. The fourth-order valence-corrected chi connectivity index (χ4v) is 7.50. The van der Waals surface area contributed by atoms with Crippen LogP contribution in [-0.2, 0) is 23.0 Å². The van der Waals surface area contributed by atoms with Gasteiger partial charge < -0.3 is 34.5 Å². The maximum absolute atomic E-state index is 10.5. The standard InChI is InChI=1S/C21H18Cl2N2O4.C21H16Cl2N2O3.C7H8O3S.2CH4/c1-2-3-17-14(21(25-28)15-10-19(27)16(23)11-18(15)26)8-9-20(24-17)29-13-6-4-12(22)5-7-13;1-2-3-17-14(21-15-10-18(26)16(23)11-19(15)28-25-21)8-9-20(24-17)27-13-6-4-12(22)5-7-13;1-6-2-4-7(5-3-6)11(8,9)10;;/h4-11,26-28H,2-3H2,1H3;4-11,26H,2-3H2,1H3;2-5H,1H3,(H,8,9,10);2*1H4/b25-21+;;;;. The van der Waals surface area contributed by atoms with E-state index in [0.717, 1.165) is 36.1 Å². The van der Waals surface area contributed by atoms with Crippen LogP contribution in [0.5, 0.6) is 40.5 Å². The van der Waals surface area contributed by atoms with Crippen molar-refractivity contribution in [1.29, 1.82) is 0 Å². The van der Waals surface area contributed by atoms with Crippen LogP contribution >= 0.6 is 46.4 Å². The summed E-state index contributed by atoms with van der Waals surface area (Å²) in [5, 5.41) is 49.3. The van der Waals surface area contributed by atoms with Gasteiger partial charge in [-0.3, -0.25) is 4.55 Å². The van der Waals surface area contributed by atoms with Crippen LogP contribution < -0.4 is 9.47 Å². The second-order valence-corrected chi connectivity index (χ2v) is 17.9. The minimum Gasteiger partial charge on any atom is -0.507 e. The Morgan fingerprint density at radius 3 is 1.70 bits per heavy atom. The normalized spacial score (nSPS) is 11.0. The summed E-state index contributed by atoms with van der Waals surface area (Å²) in [5.41, 5.74) is 5.01. The SMILES string of the molecule is C.C.CCCc1nc(Oc2ccc(Cl)cc2)ccc1-c1noc2cc(Cl)c(O)cc12.CCCc1nc(Oc2ccc(Cl)cc2)ccc1/C(=N\O)c1cc(O)c(Cl)cc1O.Cc1ccc(S(=O)(=O)O)cc1. The van der Waals surface area contributed by atoms with Gasteiger partial charge in [0.1, 0.15) is 40.2 Å². The number of fused-ring (bicyclic) bond motifs is 1. The fourth-order valence-electron chi connectivity index (χ4n) is 6.46. The molecule has 5 N–H and O–H groups in total. The Kier molecular flexibility index (Phi) is 20.3. The van der Waals surface area contributed by atoms with Crippen molar-refractivity contribution in [3.63, 3.8) is 0 Å². The lowest BCUT2D eigenvalue weighted by atomic mass is 9.98. The van der Waals surface area contributed by atoms with E-state index in [4.69, 9.17) is 65.0 Å². The Morgan fingerprint density at radius 1 is 0.643 bits per heavy atom. The molecule has 19 heteroatoms. The number of aromatic hydroxyl groups is 3. The first kappa shape index (κ1) is 56.0. The van der Waals surface area contributed by atoms with Gasteiger partial charge in [-0.2, -0.15) is 8.42 Å². The quantitative estimate of drug-likeness (QED) is 0.0253. The van der Waals surface area contributed by atoms with Crippen LogP contribution in [0.3, 0.4) is 0 Å². The van der Waals surface area contributed by atoms with E-state index >= 15 is 0 Å². The smallest absolute Gasteiger partial charge is 0.294 e. The van der Waals surface area contributed by atoms with Gasteiger partial charge in [-0.1, -0.05) is 116 Å². The van der Waals surface area contributed by atoms with Gasteiger partial charge in [0, 0.05) is 51.0 Å². The van der Waals surface area contributed by atoms with Gasteiger partial charge in [0.2, 0.25) is 11.8 Å². The van der Waals surface area contributed by atoms with Gasteiger partial charge in [-0.25, -0.2) is 9.97 Å². The van der Waals surface area contributed by atoms with Crippen LogP contribution in [0.25, 0.3) is 22.2 Å². The topological polar surface area (TPSA) is 218 Å². The predicted molar refractivity (Wildman–Crippen MR) is 276 cm³/mol. The molecule has 0 fully saturated rings. The summed E-state index contributed by atoms with van der Waals surface area (Å²) in [6.07, 6.45) is 2.99. The summed E-state index contributed by atoms with van der Waals surface area (Å²) in [5.74, 6) is 1.57. The second-order valence-electron chi connectivity index (χ2n) is 14.8. The monoisotopic (exact) mass is 1050 g/mol. The number of oxime groups is 1. The molecule has 0 aliphatic carbocycles. The minimum atomic E-state index is -4.02. The molecule has 0 aliphatic rings. The Labute approximate surface area is 426 Å². The molecule has 0 unspecified atom stereocenters. The number of aryl methyl sites for hydroxylation is 3. The predicted octanol–water partition coefficient (Wildman–Crippen LogP) is 14.9. The molecule has 0 saturated carbocycles. The van der Waals surface area contributed by atoms with Crippen molar-refractivity contribution in [3.05, 3.63) is 169 Å². The van der Waals surface area contributed by atoms with E-state index in [1.807, 2.05) is 19.9 Å². The van der Waals surface area contributed by atoms with Gasteiger partial charge >= 0.3 is 0 Å².